The molecule has 1 aromatic carbocycles. The molecule has 1 aromatic rings. The van der Waals surface area contributed by atoms with Crippen LogP contribution in [0.15, 0.2) is 18.2 Å². The number of carbonyl (C=O) groups excluding carboxylic acids is 1. The molecule has 2 atom stereocenters. The largest absolute Gasteiger partial charge is 0.412 e. The average molecular weight is 283 g/mol. The molecule has 0 saturated carbocycles. The molecule has 0 spiro atoms. The van der Waals surface area contributed by atoms with Crippen molar-refractivity contribution >= 4 is 5.91 Å². The van der Waals surface area contributed by atoms with Gasteiger partial charge in [0.05, 0.1) is 0 Å². The summed E-state index contributed by atoms with van der Waals surface area (Å²) in [6.07, 6.45) is -6.74. The number of aliphatic hydroxyl groups excluding tert-OH is 1. The van der Waals surface area contributed by atoms with Crippen LogP contribution >= 0.6 is 0 Å². The van der Waals surface area contributed by atoms with Gasteiger partial charge in [-0.15, -0.1) is 0 Å². The van der Waals surface area contributed by atoms with Gasteiger partial charge in [-0.2, -0.15) is 13.2 Å². The fourth-order valence-electron chi connectivity index (χ4n) is 1.34. The van der Waals surface area contributed by atoms with Gasteiger partial charge >= 0.3 is 6.18 Å². The first kappa shape index (κ1) is 15.4. The molecule has 0 bridgehead atoms. The summed E-state index contributed by atoms with van der Waals surface area (Å²) in [6, 6.07) is -0.479. The lowest BCUT2D eigenvalue weighted by Gasteiger charge is -2.23. The second kappa shape index (κ2) is 5.52. The van der Waals surface area contributed by atoms with E-state index < -0.39 is 41.4 Å². The molecule has 0 heterocycles. The minimum atomic E-state index is -5.03. The van der Waals surface area contributed by atoms with E-state index in [1.54, 1.807) is 0 Å². The Morgan fingerprint density at radius 2 is 1.89 bits per heavy atom. The van der Waals surface area contributed by atoms with Gasteiger partial charge in [0.25, 0.3) is 0 Å². The minimum Gasteiger partial charge on any atom is -0.384 e. The number of hydrogen-bond acceptors (Lipinski definition) is 2. The normalized spacial score (nSPS) is 14.9. The quantitative estimate of drug-likeness (QED) is 0.834. The number of alkyl halides is 3. The second-order valence-corrected chi connectivity index (χ2v) is 3.80. The number of amides is 1. The summed E-state index contributed by atoms with van der Waals surface area (Å²) in [4.78, 5) is 11.1. The van der Waals surface area contributed by atoms with Crippen molar-refractivity contribution in [3.05, 3.63) is 35.4 Å². The van der Waals surface area contributed by atoms with Crippen molar-refractivity contribution in [2.45, 2.75) is 25.2 Å². The van der Waals surface area contributed by atoms with Crippen molar-refractivity contribution in [3.63, 3.8) is 0 Å². The standard InChI is InChI=1S/C11H10F5NO2/c1-5(18)10(19)17-9(11(14,15)16)6-3-2-4-7(12)8(6)13/h2-5,9,18H,1H3,(H,17,19)/t5-,9+/m0/s1. The molecule has 0 radical (unpaired) electrons. The van der Waals surface area contributed by atoms with Crippen molar-refractivity contribution in [3.8, 4) is 0 Å². The molecule has 2 N–H and O–H groups in total. The van der Waals surface area contributed by atoms with Crippen LogP contribution in [-0.4, -0.2) is 23.3 Å². The number of aliphatic hydroxyl groups is 1. The molecule has 0 aliphatic carbocycles. The molecule has 8 heteroatoms. The van der Waals surface area contributed by atoms with Crippen LogP contribution in [0.1, 0.15) is 18.5 Å². The number of halogens is 5. The first-order chi connectivity index (χ1) is 8.64. The van der Waals surface area contributed by atoms with Gasteiger partial charge in [0.1, 0.15) is 6.10 Å². The monoisotopic (exact) mass is 283 g/mol. The molecule has 0 fully saturated rings. The van der Waals surface area contributed by atoms with Crippen molar-refractivity contribution in [2.75, 3.05) is 0 Å². The van der Waals surface area contributed by atoms with E-state index in [0.717, 1.165) is 13.0 Å². The van der Waals surface area contributed by atoms with Crippen LogP contribution in [0.3, 0.4) is 0 Å². The Hall–Kier alpha value is -1.70. The highest BCUT2D eigenvalue weighted by Crippen LogP contribution is 2.34. The fraction of sp³-hybridized carbons (Fsp3) is 0.364. The molecule has 0 aromatic heterocycles. The molecule has 106 valence electrons. The van der Waals surface area contributed by atoms with Crippen molar-refractivity contribution < 1.29 is 31.9 Å². The Balaban J connectivity index is 3.18. The zero-order valence-electron chi connectivity index (χ0n) is 9.63. The van der Waals surface area contributed by atoms with Crippen LogP contribution in [0.4, 0.5) is 22.0 Å². The lowest BCUT2D eigenvalue weighted by Crippen LogP contribution is -2.42. The Kier molecular flexibility index (Phi) is 4.46. The van der Waals surface area contributed by atoms with E-state index in [-0.39, 0.29) is 0 Å². The molecule has 0 saturated heterocycles. The summed E-state index contributed by atoms with van der Waals surface area (Å²) in [7, 11) is 0. The third-order valence-corrected chi connectivity index (χ3v) is 2.29. The molecular weight excluding hydrogens is 273 g/mol. The molecule has 1 amide bonds. The molecule has 3 nitrogen and oxygen atoms in total. The zero-order valence-corrected chi connectivity index (χ0v) is 9.63. The maximum Gasteiger partial charge on any atom is 0.412 e. The van der Waals surface area contributed by atoms with Crippen LogP contribution in [-0.2, 0) is 4.79 Å². The number of hydrogen-bond donors (Lipinski definition) is 2. The molecule has 0 aliphatic rings. The van der Waals surface area contributed by atoms with Crippen molar-refractivity contribution in [1.29, 1.82) is 0 Å². The summed E-state index contributed by atoms with van der Waals surface area (Å²) < 4.78 is 64.5. The zero-order chi connectivity index (χ0) is 14.8. The summed E-state index contributed by atoms with van der Waals surface area (Å²) >= 11 is 0. The Morgan fingerprint density at radius 1 is 1.32 bits per heavy atom. The first-order valence-electron chi connectivity index (χ1n) is 5.13. The summed E-state index contributed by atoms with van der Waals surface area (Å²) in [5, 5.41) is 10.3. The summed E-state index contributed by atoms with van der Waals surface area (Å²) in [5.41, 5.74) is -1.05. The number of carbonyl (C=O) groups is 1. The highest BCUT2D eigenvalue weighted by Gasteiger charge is 2.44. The average Bonchev–Trinajstić information content (AvgIpc) is 2.28. The van der Waals surface area contributed by atoms with Crippen molar-refractivity contribution in [1.82, 2.24) is 5.32 Å². The predicted molar refractivity (Wildman–Crippen MR) is 55.0 cm³/mol. The van der Waals surface area contributed by atoms with E-state index in [1.165, 1.54) is 5.32 Å². The summed E-state index contributed by atoms with van der Waals surface area (Å²) in [5.74, 6) is -4.50. The van der Waals surface area contributed by atoms with Crippen molar-refractivity contribution in [2.24, 2.45) is 0 Å². The second-order valence-electron chi connectivity index (χ2n) is 3.80. The number of rotatable bonds is 3. The van der Waals surface area contributed by atoms with Crippen LogP contribution < -0.4 is 5.32 Å². The molecule has 19 heavy (non-hydrogen) atoms. The topological polar surface area (TPSA) is 49.3 Å². The van der Waals surface area contributed by atoms with Crippen LogP contribution in [0.2, 0.25) is 0 Å². The van der Waals surface area contributed by atoms with Crippen LogP contribution in [0, 0.1) is 11.6 Å². The van der Waals surface area contributed by atoms with E-state index >= 15 is 0 Å². The van der Waals surface area contributed by atoms with Gasteiger partial charge < -0.3 is 10.4 Å². The van der Waals surface area contributed by atoms with Gasteiger partial charge in [-0.05, 0) is 13.0 Å². The van der Waals surface area contributed by atoms with Gasteiger partial charge in [-0.3, -0.25) is 4.79 Å². The lowest BCUT2D eigenvalue weighted by molar-refractivity contribution is -0.166. The Bertz CT molecular complexity index is 473. The molecular formula is C11H10F5NO2. The maximum absolute atomic E-state index is 13.3. The highest BCUT2D eigenvalue weighted by molar-refractivity contribution is 5.80. The lowest BCUT2D eigenvalue weighted by atomic mass is 10.1. The van der Waals surface area contributed by atoms with E-state index in [1.807, 2.05) is 0 Å². The smallest absolute Gasteiger partial charge is 0.384 e. The maximum atomic E-state index is 13.3. The van der Waals surface area contributed by atoms with E-state index in [9.17, 15) is 26.7 Å². The van der Waals surface area contributed by atoms with Gasteiger partial charge in [-0.25, -0.2) is 8.78 Å². The van der Waals surface area contributed by atoms with Crippen LogP contribution in [0.25, 0.3) is 0 Å². The molecule has 0 unspecified atom stereocenters. The minimum absolute atomic E-state index is 0.656. The highest BCUT2D eigenvalue weighted by atomic mass is 19.4. The Labute approximate surface area is 105 Å². The molecule has 1 rings (SSSR count). The van der Waals surface area contributed by atoms with Gasteiger partial charge in [-0.1, -0.05) is 12.1 Å². The first-order valence-corrected chi connectivity index (χ1v) is 5.13. The Morgan fingerprint density at radius 3 is 2.37 bits per heavy atom. The SMILES string of the molecule is C[C@H](O)C(=O)N[C@H](c1cccc(F)c1F)C(F)(F)F. The van der Waals surface area contributed by atoms with Crippen LogP contribution in [0.5, 0.6) is 0 Å². The summed E-state index contributed by atoms with van der Waals surface area (Å²) in [6.45, 7) is 0.949. The fourth-order valence-corrected chi connectivity index (χ4v) is 1.34. The number of benzene rings is 1. The third-order valence-electron chi connectivity index (χ3n) is 2.29. The molecule has 0 aliphatic heterocycles. The van der Waals surface area contributed by atoms with E-state index in [4.69, 9.17) is 5.11 Å². The van der Waals surface area contributed by atoms with Gasteiger partial charge in [0, 0.05) is 5.56 Å². The predicted octanol–water partition coefficient (Wildman–Crippen LogP) is 2.07. The van der Waals surface area contributed by atoms with Gasteiger partial charge in [0.2, 0.25) is 5.91 Å². The number of nitrogens with one attached hydrogen (secondary N) is 1. The van der Waals surface area contributed by atoms with Gasteiger partial charge in [0.15, 0.2) is 17.7 Å². The van der Waals surface area contributed by atoms with E-state index in [0.29, 0.717) is 12.1 Å². The van der Waals surface area contributed by atoms with E-state index in [2.05, 4.69) is 0 Å². The third kappa shape index (κ3) is 3.63.